The number of para-hydroxylation sites is 1. The Morgan fingerprint density at radius 3 is 2.36 bits per heavy atom. The predicted molar refractivity (Wildman–Crippen MR) is 86.8 cm³/mol. The van der Waals surface area contributed by atoms with E-state index in [9.17, 15) is 0 Å². The standard InChI is InChI=1S/C19H23NO.ClH/c1-2-6-16(7-3-1)14-18-8-4-5-9-19(18)21-15-17-10-12-20-13-11-17;/h1-9,17,20H,10-15H2;1H/p-1. The highest BCUT2D eigenvalue weighted by atomic mass is 35.5. The third-order valence-electron chi connectivity index (χ3n) is 4.14. The van der Waals surface area contributed by atoms with Gasteiger partial charge in [0.1, 0.15) is 5.75 Å². The lowest BCUT2D eigenvalue weighted by Gasteiger charge is -2.23. The van der Waals surface area contributed by atoms with Gasteiger partial charge in [0.05, 0.1) is 6.61 Å². The van der Waals surface area contributed by atoms with E-state index in [4.69, 9.17) is 4.74 Å². The summed E-state index contributed by atoms with van der Waals surface area (Å²) < 4.78 is 6.12. The van der Waals surface area contributed by atoms with Crippen LogP contribution in [0.1, 0.15) is 24.0 Å². The Morgan fingerprint density at radius 1 is 0.909 bits per heavy atom. The number of ether oxygens (including phenoxy) is 1. The van der Waals surface area contributed by atoms with Crippen LogP contribution in [-0.4, -0.2) is 19.7 Å². The quantitative estimate of drug-likeness (QED) is 0.875. The molecule has 0 spiro atoms. The van der Waals surface area contributed by atoms with Gasteiger partial charge in [0.15, 0.2) is 0 Å². The maximum absolute atomic E-state index is 6.12. The maximum atomic E-state index is 6.12. The number of halogens is 1. The van der Waals surface area contributed by atoms with Crippen LogP contribution in [0.4, 0.5) is 0 Å². The van der Waals surface area contributed by atoms with E-state index in [1.54, 1.807) is 0 Å². The van der Waals surface area contributed by atoms with Crippen LogP contribution in [-0.2, 0) is 6.42 Å². The van der Waals surface area contributed by atoms with Gasteiger partial charge >= 0.3 is 0 Å². The Kier molecular flexibility index (Phi) is 6.75. The Labute approximate surface area is 139 Å². The van der Waals surface area contributed by atoms with Crippen molar-refractivity contribution in [1.82, 2.24) is 5.32 Å². The van der Waals surface area contributed by atoms with Crippen molar-refractivity contribution in [3.05, 3.63) is 65.7 Å². The van der Waals surface area contributed by atoms with Crippen LogP contribution in [0.3, 0.4) is 0 Å². The molecule has 1 heterocycles. The summed E-state index contributed by atoms with van der Waals surface area (Å²) in [5.41, 5.74) is 2.60. The molecule has 1 fully saturated rings. The minimum absolute atomic E-state index is 0. The number of benzene rings is 2. The van der Waals surface area contributed by atoms with Gasteiger partial charge in [-0.3, -0.25) is 0 Å². The van der Waals surface area contributed by atoms with E-state index < -0.39 is 0 Å². The van der Waals surface area contributed by atoms with E-state index in [0.29, 0.717) is 5.92 Å². The fourth-order valence-corrected chi connectivity index (χ4v) is 2.86. The molecule has 0 atom stereocenters. The normalized spacial score (nSPS) is 15.1. The summed E-state index contributed by atoms with van der Waals surface area (Å²) in [5.74, 6) is 1.73. The van der Waals surface area contributed by atoms with Gasteiger partial charge in [0.25, 0.3) is 0 Å². The molecule has 0 aromatic heterocycles. The van der Waals surface area contributed by atoms with Crippen LogP contribution in [0.5, 0.6) is 5.75 Å². The molecule has 3 heteroatoms. The zero-order valence-electron chi connectivity index (χ0n) is 12.8. The summed E-state index contributed by atoms with van der Waals surface area (Å²) >= 11 is 0. The molecule has 2 aromatic rings. The van der Waals surface area contributed by atoms with Gasteiger partial charge in [-0.25, -0.2) is 0 Å². The topological polar surface area (TPSA) is 21.3 Å². The third kappa shape index (κ3) is 4.75. The minimum atomic E-state index is 0. The van der Waals surface area contributed by atoms with Crippen LogP contribution in [0.2, 0.25) is 0 Å². The largest absolute Gasteiger partial charge is 1.00 e. The zero-order valence-corrected chi connectivity index (χ0v) is 13.6. The average molecular weight is 317 g/mol. The van der Waals surface area contributed by atoms with E-state index in [1.807, 2.05) is 0 Å². The Bertz CT molecular complexity index is 552. The van der Waals surface area contributed by atoms with Crippen molar-refractivity contribution >= 4 is 0 Å². The molecule has 22 heavy (non-hydrogen) atoms. The van der Waals surface area contributed by atoms with E-state index in [-0.39, 0.29) is 12.4 Å². The molecule has 0 bridgehead atoms. The molecular formula is C19H23ClNO-. The van der Waals surface area contributed by atoms with Crippen molar-refractivity contribution in [2.24, 2.45) is 5.92 Å². The lowest BCUT2D eigenvalue weighted by Crippen LogP contribution is -3.00. The fourth-order valence-electron chi connectivity index (χ4n) is 2.86. The molecule has 118 valence electrons. The van der Waals surface area contributed by atoms with Crippen LogP contribution in [0.25, 0.3) is 0 Å². The molecule has 2 aromatic carbocycles. The summed E-state index contributed by atoms with van der Waals surface area (Å²) in [7, 11) is 0. The predicted octanol–water partition coefficient (Wildman–Crippen LogP) is 0.660. The van der Waals surface area contributed by atoms with Crippen LogP contribution in [0.15, 0.2) is 54.6 Å². The Balaban J connectivity index is 0.00000176. The van der Waals surface area contributed by atoms with E-state index in [2.05, 4.69) is 59.9 Å². The van der Waals surface area contributed by atoms with E-state index in [0.717, 1.165) is 31.9 Å². The second kappa shape index (κ2) is 8.82. The highest BCUT2D eigenvalue weighted by molar-refractivity contribution is 5.37. The summed E-state index contributed by atoms with van der Waals surface area (Å²) in [5, 5.41) is 3.40. The molecule has 0 aliphatic carbocycles. The lowest BCUT2D eigenvalue weighted by atomic mass is 9.99. The highest BCUT2D eigenvalue weighted by Crippen LogP contribution is 2.23. The van der Waals surface area contributed by atoms with Gasteiger partial charge in [-0.05, 0) is 49.0 Å². The summed E-state index contributed by atoms with van der Waals surface area (Å²) in [6.07, 6.45) is 3.38. The fraction of sp³-hybridized carbons (Fsp3) is 0.368. The zero-order chi connectivity index (χ0) is 14.3. The molecule has 1 aliphatic rings. The molecule has 1 saturated heterocycles. The molecule has 0 radical (unpaired) electrons. The van der Waals surface area contributed by atoms with Crippen molar-refractivity contribution in [1.29, 1.82) is 0 Å². The molecular weight excluding hydrogens is 294 g/mol. The third-order valence-corrected chi connectivity index (χ3v) is 4.14. The number of hydrogen-bond donors (Lipinski definition) is 1. The van der Waals surface area contributed by atoms with Gasteiger partial charge in [-0.15, -0.1) is 0 Å². The first-order chi connectivity index (χ1) is 10.4. The second-order valence-electron chi connectivity index (χ2n) is 5.77. The summed E-state index contributed by atoms with van der Waals surface area (Å²) in [6, 6.07) is 19.0. The smallest absolute Gasteiger partial charge is 0.122 e. The molecule has 0 unspecified atom stereocenters. The Morgan fingerprint density at radius 2 is 1.59 bits per heavy atom. The van der Waals surface area contributed by atoms with Gasteiger partial charge in [0.2, 0.25) is 0 Å². The summed E-state index contributed by atoms with van der Waals surface area (Å²) in [6.45, 7) is 3.09. The number of hydrogen-bond acceptors (Lipinski definition) is 2. The van der Waals surface area contributed by atoms with Crippen LogP contribution < -0.4 is 22.5 Å². The second-order valence-corrected chi connectivity index (χ2v) is 5.77. The van der Waals surface area contributed by atoms with E-state index in [1.165, 1.54) is 24.0 Å². The molecule has 0 saturated carbocycles. The number of piperidine rings is 1. The van der Waals surface area contributed by atoms with Gasteiger partial charge in [-0.1, -0.05) is 48.5 Å². The monoisotopic (exact) mass is 316 g/mol. The van der Waals surface area contributed by atoms with Gasteiger partial charge in [0, 0.05) is 6.42 Å². The number of nitrogens with one attached hydrogen (secondary N) is 1. The van der Waals surface area contributed by atoms with Crippen LogP contribution >= 0.6 is 0 Å². The lowest BCUT2D eigenvalue weighted by molar-refractivity contribution is -0.00000464. The average Bonchev–Trinajstić information content (AvgIpc) is 2.56. The number of rotatable bonds is 5. The van der Waals surface area contributed by atoms with Crippen molar-refractivity contribution in [3.8, 4) is 5.75 Å². The maximum Gasteiger partial charge on any atom is 0.122 e. The van der Waals surface area contributed by atoms with Crippen molar-refractivity contribution in [3.63, 3.8) is 0 Å². The first kappa shape index (κ1) is 16.9. The van der Waals surface area contributed by atoms with Crippen molar-refractivity contribution < 1.29 is 17.1 Å². The summed E-state index contributed by atoms with van der Waals surface area (Å²) in [4.78, 5) is 0. The SMILES string of the molecule is [Cl-].c1ccc(Cc2ccccc2OCC2CCNCC2)cc1. The van der Waals surface area contributed by atoms with Crippen LogP contribution in [0, 0.1) is 5.92 Å². The highest BCUT2D eigenvalue weighted by Gasteiger charge is 2.14. The molecule has 1 N–H and O–H groups in total. The van der Waals surface area contributed by atoms with Crippen molar-refractivity contribution in [2.75, 3.05) is 19.7 Å². The molecule has 0 amide bonds. The van der Waals surface area contributed by atoms with Gasteiger partial charge < -0.3 is 22.5 Å². The molecule has 3 rings (SSSR count). The molecule has 1 aliphatic heterocycles. The minimum Gasteiger partial charge on any atom is -1.00 e. The first-order valence-corrected chi connectivity index (χ1v) is 7.87. The molecule has 2 nitrogen and oxygen atoms in total. The first-order valence-electron chi connectivity index (χ1n) is 7.87. The van der Waals surface area contributed by atoms with Gasteiger partial charge in [-0.2, -0.15) is 0 Å². The van der Waals surface area contributed by atoms with E-state index >= 15 is 0 Å². The van der Waals surface area contributed by atoms with Crippen molar-refractivity contribution in [2.45, 2.75) is 19.3 Å². The Hall–Kier alpha value is -1.51.